The van der Waals surface area contributed by atoms with Crippen molar-refractivity contribution in [3.63, 3.8) is 0 Å². The summed E-state index contributed by atoms with van der Waals surface area (Å²) in [6, 6.07) is 4.72. The summed E-state index contributed by atoms with van der Waals surface area (Å²) in [6.45, 7) is 2.79. The van der Waals surface area contributed by atoms with Gasteiger partial charge in [0.2, 0.25) is 5.79 Å². The van der Waals surface area contributed by atoms with Gasteiger partial charge < -0.3 is 14.2 Å². The van der Waals surface area contributed by atoms with E-state index in [0.717, 1.165) is 11.1 Å². The van der Waals surface area contributed by atoms with Crippen LogP contribution in [0.2, 0.25) is 0 Å². The summed E-state index contributed by atoms with van der Waals surface area (Å²) in [5.41, 5.74) is 1.48. The first kappa shape index (κ1) is 16.8. The number of aromatic amines is 1. The summed E-state index contributed by atoms with van der Waals surface area (Å²) in [5.74, 6) is -0.338. The van der Waals surface area contributed by atoms with Gasteiger partial charge in [-0.3, -0.25) is 5.10 Å². The molecule has 1 aromatic carbocycles. The number of halogens is 2. The van der Waals surface area contributed by atoms with E-state index in [1.54, 1.807) is 19.1 Å². The largest absolute Gasteiger partial charge is 0.435 e. The van der Waals surface area contributed by atoms with Crippen LogP contribution in [0.25, 0.3) is 0 Å². The Balaban J connectivity index is 1.97. The molecular weight excluding hydrogens is 320 g/mol. The standard InChI is InChI=1S/C16H19F2N3O3/c1-9-6-12(22-15(17)18)4-5-13(9)16(7-14-19-8-20-21-14)23-10(2)11(3)24-16/h4-6,8,10-11,15H,7H2,1-3H3,(H,19,20,21). The number of nitrogens with one attached hydrogen (secondary N) is 1. The number of rotatable bonds is 5. The van der Waals surface area contributed by atoms with Crippen molar-refractivity contribution in [3.05, 3.63) is 41.5 Å². The van der Waals surface area contributed by atoms with Crippen molar-refractivity contribution in [2.24, 2.45) is 0 Å². The highest BCUT2D eigenvalue weighted by atomic mass is 19.3. The molecule has 2 atom stereocenters. The second-order valence-corrected chi connectivity index (χ2v) is 5.86. The van der Waals surface area contributed by atoms with Gasteiger partial charge in [-0.15, -0.1) is 0 Å². The molecular formula is C16H19F2N3O3. The fourth-order valence-electron chi connectivity index (χ4n) is 2.90. The monoisotopic (exact) mass is 339 g/mol. The maximum Gasteiger partial charge on any atom is 0.387 e. The summed E-state index contributed by atoms with van der Waals surface area (Å²) in [6.07, 6.45) is 1.50. The first-order valence-corrected chi connectivity index (χ1v) is 7.65. The normalized spacial score (nSPS) is 26.9. The molecule has 0 aliphatic carbocycles. The second-order valence-electron chi connectivity index (χ2n) is 5.86. The Morgan fingerprint density at radius 1 is 1.29 bits per heavy atom. The van der Waals surface area contributed by atoms with Crippen LogP contribution in [-0.2, 0) is 21.7 Å². The van der Waals surface area contributed by atoms with E-state index in [-0.39, 0.29) is 18.0 Å². The molecule has 0 bridgehead atoms. The van der Waals surface area contributed by atoms with Crippen LogP contribution < -0.4 is 4.74 Å². The Morgan fingerprint density at radius 3 is 2.54 bits per heavy atom. The molecule has 0 amide bonds. The lowest BCUT2D eigenvalue weighted by molar-refractivity contribution is -0.182. The van der Waals surface area contributed by atoms with Crippen LogP contribution in [0.3, 0.4) is 0 Å². The lowest BCUT2D eigenvalue weighted by Gasteiger charge is -2.29. The molecule has 0 spiro atoms. The van der Waals surface area contributed by atoms with Gasteiger partial charge in [-0.05, 0) is 44.5 Å². The Bertz CT molecular complexity index is 684. The molecule has 1 aliphatic rings. The molecule has 3 rings (SSSR count). The van der Waals surface area contributed by atoms with Crippen LogP contribution in [-0.4, -0.2) is 34.0 Å². The zero-order chi connectivity index (χ0) is 17.3. The molecule has 2 aromatic rings. The molecule has 1 aliphatic heterocycles. The predicted molar refractivity (Wildman–Crippen MR) is 80.7 cm³/mol. The summed E-state index contributed by atoms with van der Waals surface area (Å²) in [5, 5.41) is 6.65. The van der Waals surface area contributed by atoms with Gasteiger partial charge in [-0.25, -0.2) is 4.98 Å². The number of hydrogen-bond acceptors (Lipinski definition) is 5. The lowest BCUT2D eigenvalue weighted by Crippen LogP contribution is -2.32. The summed E-state index contributed by atoms with van der Waals surface area (Å²) in [7, 11) is 0. The van der Waals surface area contributed by atoms with Gasteiger partial charge in [-0.1, -0.05) is 0 Å². The average Bonchev–Trinajstić information content (AvgIpc) is 3.08. The maximum absolute atomic E-state index is 12.4. The van der Waals surface area contributed by atoms with Crippen molar-refractivity contribution in [1.82, 2.24) is 15.2 Å². The van der Waals surface area contributed by atoms with Crippen LogP contribution >= 0.6 is 0 Å². The highest BCUT2D eigenvalue weighted by Gasteiger charge is 2.47. The lowest BCUT2D eigenvalue weighted by atomic mass is 9.96. The molecule has 2 unspecified atom stereocenters. The van der Waals surface area contributed by atoms with Crippen molar-refractivity contribution in [2.45, 2.75) is 51.8 Å². The quantitative estimate of drug-likeness (QED) is 0.907. The van der Waals surface area contributed by atoms with Crippen LogP contribution in [0.1, 0.15) is 30.8 Å². The molecule has 0 radical (unpaired) electrons. The van der Waals surface area contributed by atoms with Gasteiger partial charge in [0.25, 0.3) is 0 Å². The topological polar surface area (TPSA) is 69.3 Å². The third kappa shape index (κ3) is 3.25. The fourth-order valence-corrected chi connectivity index (χ4v) is 2.90. The molecule has 1 fully saturated rings. The number of nitrogens with zero attached hydrogens (tertiary/aromatic N) is 2. The third-order valence-corrected chi connectivity index (χ3v) is 4.11. The molecule has 24 heavy (non-hydrogen) atoms. The van der Waals surface area contributed by atoms with E-state index in [0.29, 0.717) is 12.2 Å². The zero-order valence-electron chi connectivity index (χ0n) is 13.6. The highest BCUT2D eigenvalue weighted by Crippen LogP contribution is 2.42. The first-order valence-electron chi connectivity index (χ1n) is 7.65. The Labute approximate surface area is 138 Å². The van der Waals surface area contributed by atoms with Gasteiger partial charge in [0.1, 0.15) is 17.9 Å². The number of H-pyrrole nitrogens is 1. The molecule has 8 heteroatoms. The van der Waals surface area contributed by atoms with Gasteiger partial charge in [0.15, 0.2) is 0 Å². The van der Waals surface area contributed by atoms with Crippen molar-refractivity contribution in [1.29, 1.82) is 0 Å². The smallest absolute Gasteiger partial charge is 0.387 e. The minimum Gasteiger partial charge on any atom is -0.435 e. The number of aromatic nitrogens is 3. The number of aryl methyl sites for hydroxylation is 1. The minimum atomic E-state index is -2.86. The summed E-state index contributed by atoms with van der Waals surface area (Å²) >= 11 is 0. The van der Waals surface area contributed by atoms with Gasteiger partial charge in [-0.2, -0.15) is 13.9 Å². The van der Waals surface area contributed by atoms with E-state index in [9.17, 15) is 8.78 Å². The molecule has 130 valence electrons. The van der Waals surface area contributed by atoms with Crippen LogP contribution in [0.15, 0.2) is 24.5 Å². The molecule has 0 saturated carbocycles. The SMILES string of the molecule is Cc1cc(OC(F)F)ccc1C1(Cc2ncn[nH]2)OC(C)C(C)O1. The van der Waals surface area contributed by atoms with Gasteiger partial charge in [0, 0.05) is 5.56 Å². The third-order valence-electron chi connectivity index (χ3n) is 4.11. The Hall–Kier alpha value is -2.06. The van der Waals surface area contributed by atoms with Crippen molar-refractivity contribution < 1.29 is 23.0 Å². The van der Waals surface area contributed by atoms with Crippen LogP contribution in [0.4, 0.5) is 8.78 Å². The molecule has 1 N–H and O–H groups in total. The molecule has 1 saturated heterocycles. The van der Waals surface area contributed by atoms with E-state index in [1.165, 1.54) is 12.4 Å². The van der Waals surface area contributed by atoms with Crippen LogP contribution in [0, 0.1) is 6.92 Å². The van der Waals surface area contributed by atoms with Crippen LogP contribution in [0.5, 0.6) is 5.75 Å². The molecule has 2 heterocycles. The Morgan fingerprint density at radius 2 is 2.00 bits per heavy atom. The molecule has 1 aromatic heterocycles. The minimum absolute atomic E-state index is 0.0974. The highest BCUT2D eigenvalue weighted by molar-refractivity contribution is 5.38. The zero-order valence-corrected chi connectivity index (χ0v) is 13.6. The van der Waals surface area contributed by atoms with Crippen molar-refractivity contribution in [2.75, 3.05) is 0 Å². The van der Waals surface area contributed by atoms with E-state index >= 15 is 0 Å². The number of benzene rings is 1. The van der Waals surface area contributed by atoms with E-state index < -0.39 is 12.4 Å². The van der Waals surface area contributed by atoms with E-state index in [2.05, 4.69) is 19.9 Å². The number of alkyl halides is 2. The maximum atomic E-state index is 12.4. The predicted octanol–water partition coefficient (Wildman–Crippen LogP) is 2.93. The van der Waals surface area contributed by atoms with Crippen molar-refractivity contribution in [3.8, 4) is 5.75 Å². The summed E-state index contributed by atoms with van der Waals surface area (Å²) in [4.78, 5) is 4.14. The molecule has 6 nitrogen and oxygen atoms in total. The van der Waals surface area contributed by atoms with Gasteiger partial charge in [0.05, 0.1) is 18.6 Å². The average molecular weight is 339 g/mol. The number of ether oxygens (including phenoxy) is 3. The Kier molecular flexibility index (Phi) is 4.51. The number of hydrogen-bond donors (Lipinski definition) is 1. The van der Waals surface area contributed by atoms with Gasteiger partial charge >= 0.3 is 6.61 Å². The second kappa shape index (κ2) is 6.45. The first-order chi connectivity index (χ1) is 11.4. The summed E-state index contributed by atoms with van der Waals surface area (Å²) < 4.78 is 41.5. The van der Waals surface area contributed by atoms with Crippen molar-refractivity contribution >= 4 is 0 Å². The fraction of sp³-hybridized carbons (Fsp3) is 0.500. The van der Waals surface area contributed by atoms with E-state index in [4.69, 9.17) is 9.47 Å². The van der Waals surface area contributed by atoms with E-state index in [1.807, 2.05) is 13.8 Å².